The van der Waals surface area contributed by atoms with Crippen LogP contribution in [0.5, 0.6) is 0 Å². The monoisotopic (exact) mass is 306 g/mol. The largest absolute Gasteiger partial charge is 0.469 e. The van der Waals surface area contributed by atoms with E-state index in [1.807, 2.05) is 6.07 Å². The number of esters is 1. The second-order valence-corrected chi connectivity index (χ2v) is 5.74. The van der Waals surface area contributed by atoms with Crippen LogP contribution in [0.25, 0.3) is 0 Å². The average molecular weight is 306 g/mol. The van der Waals surface area contributed by atoms with Crippen LogP contribution in [-0.2, 0) is 14.3 Å². The molecule has 3 rings (SSSR count). The summed E-state index contributed by atoms with van der Waals surface area (Å²) in [4.78, 5) is 22.4. The molecule has 2 heterocycles. The van der Waals surface area contributed by atoms with Crippen molar-refractivity contribution in [1.82, 2.24) is 9.97 Å². The van der Waals surface area contributed by atoms with Crippen molar-refractivity contribution in [2.45, 2.75) is 25.3 Å². The van der Waals surface area contributed by atoms with Crippen LogP contribution < -0.4 is 10.2 Å². The van der Waals surface area contributed by atoms with E-state index in [1.165, 1.54) is 7.11 Å². The number of aromatic nitrogens is 2. The Bertz CT molecular complexity index is 519. The molecule has 2 fully saturated rings. The fourth-order valence-electron chi connectivity index (χ4n) is 3.09. The molecule has 1 saturated heterocycles. The van der Waals surface area contributed by atoms with Gasteiger partial charge in [-0.05, 0) is 19.3 Å². The zero-order valence-electron chi connectivity index (χ0n) is 12.8. The zero-order chi connectivity index (χ0) is 15.4. The number of ether oxygens (including phenoxy) is 2. The van der Waals surface area contributed by atoms with E-state index >= 15 is 0 Å². The molecule has 22 heavy (non-hydrogen) atoms. The standard InChI is InChI=1S/C15H22N4O3/c1-21-15(20)11-2-3-12(8-11)18-13-9-14(17-10-16-13)19-4-6-22-7-5-19/h9-12H,2-8H2,1H3,(H,16,17,18)/t11-,12+/m0/s1. The van der Waals surface area contributed by atoms with Crippen LogP contribution >= 0.6 is 0 Å². The molecule has 0 spiro atoms. The van der Waals surface area contributed by atoms with Gasteiger partial charge in [0, 0.05) is 25.2 Å². The first-order chi connectivity index (χ1) is 10.8. The smallest absolute Gasteiger partial charge is 0.308 e. The maximum atomic E-state index is 11.6. The number of carbonyl (C=O) groups excluding carboxylic acids is 1. The Morgan fingerprint density at radius 2 is 2.18 bits per heavy atom. The number of hydrogen-bond acceptors (Lipinski definition) is 7. The van der Waals surface area contributed by atoms with Crippen LogP contribution in [0.1, 0.15) is 19.3 Å². The highest BCUT2D eigenvalue weighted by atomic mass is 16.5. The summed E-state index contributed by atoms with van der Waals surface area (Å²) in [6.45, 7) is 3.17. The number of nitrogens with one attached hydrogen (secondary N) is 1. The third-order valence-electron chi connectivity index (χ3n) is 4.31. The summed E-state index contributed by atoms with van der Waals surface area (Å²) in [5, 5.41) is 3.41. The minimum absolute atomic E-state index is 0.00282. The van der Waals surface area contributed by atoms with Gasteiger partial charge in [-0.15, -0.1) is 0 Å². The maximum absolute atomic E-state index is 11.6. The molecule has 0 radical (unpaired) electrons. The SMILES string of the molecule is COC(=O)[C@H]1CC[C@@H](Nc2cc(N3CCOCC3)ncn2)C1. The second-order valence-electron chi connectivity index (χ2n) is 5.74. The molecule has 0 amide bonds. The van der Waals surface area contributed by atoms with E-state index in [9.17, 15) is 4.79 Å². The molecular formula is C15H22N4O3. The highest BCUT2D eigenvalue weighted by molar-refractivity contribution is 5.72. The fraction of sp³-hybridized carbons (Fsp3) is 0.667. The topological polar surface area (TPSA) is 76.6 Å². The van der Waals surface area contributed by atoms with E-state index in [4.69, 9.17) is 9.47 Å². The number of rotatable bonds is 4. The van der Waals surface area contributed by atoms with Crippen molar-refractivity contribution in [2.75, 3.05) is 43.6 Å². The molecule has 1 aliphatic heterocycles. The van der Waals surface area contributed by atoms with Gasteiger partial charge in [0.05, 0.1) is 26.2 Å². The van der Waals surface area contributed by atoms with Crippen LogP contribution in [0, 0.1) is 5.92 Å². The molecule has 1 aromatic heterocycles. The van der Waals surface area contributed by atoms with Crippen molar-refractivity contribution >= 4 is 17.6 Å². The lowest BCUT2D eigenvalue weighted by Gasteiger charge is -2.28. The van der Waals surface area contributed by atoms with E-state index in [2.05, 4.69) is 20.2 Å². The molecule has 120 valence electrons. The number of nitrogens with zero attached hydrogens (tertiary/aromatic N) is 3. The van der Waals surface area contributed by atoms with Crippen molar-refractivity contribution in [1.29, 1.82) is 0 Å². The van der Waals surface area contributed by atoms with Gasteiger partial charge in [-0.3, -0.25) is 4.79 Å². The van der Waals surface area contributed by atoms with E-state index in [-0.39, 0.29) is 17.9 Å². The first-order valence-electron chi connectivity index (χ1n) is 7.75. The fourth-order valence-corrected chi connectivity index (χ4v) is 3.09. The van der Waals surface area contributed by atoms with Crippen LogP contribution in [-0.4, -0.2) is 55.4 Å². The number of anilines is 2. The van der Waals surface area contributed by atoms with Gasteiger partial charge in [-0.25, -0.2) is 9.97 Å². The Kier molecular flexibility index (Phi) is 4.72. The van der Waals surface area contributed by atoms with Crippen molar-refractivity contribution in [3.63, 3.8) is 0 Å². The molecule has 2 atom stereocenters. The molecule has 2 aliphatic rings. The summed E-state index contributed by atoms with van der Waals surface area (Å²) >= 11 is 0. The molecule has 0 unspecified atom stereocenters. The van der Waals surface area contributed by atoms with Gasteiger partial charge in [0.2, 0.25) is 0 Å². The van der Waals surface area contributed by atoms with Crippen LogP contribution in [0.4, 0.5) is 11.6 Å². The average Bonchev–Trinajstić information content (AvgIpc) is 3.04. The van der Waals surface area contributed by atoms with Gasteiger partial charge in [0.25, 0.3) is 0 Å². The first kappa shape index (κ1) is 15.0. The molecule has 1 aliphatic carbocycles. The molecule has 1 saturated carbocycles. The van der Waals surface area contributed by atoms with Crippen LogP contribution in [0.15, 0.2) is 12.4 Å². The van der Waals surface area contributed by atoms with Gasteiger partial charge in [0.15, 0.2) is 0 Å². The summed E-state index contributed by atoms with van der Waals surface area (Å²) in [5.41, 5.74) is 0. The van der Waals surface area contributed by atoms with Gasteiger partial charge < -0.3 is 19.7 Å². The predicted molar refractivity (Wildman–Crippen MR) is 81.8 cm³/mol. The minimum Gasteiger partial charge on any atom is -0.469 e. The molecule has 0 bridgehead atoms. The van der Waals surface area contributed by atoms with Crippen LogP contribution in [0.2, 0.25) is 0 Å². The lowest BCUT2D eigenvalue weighted by molar-refractivity contribution is -0.145. The second kappa shape index (κ2) is 6.91. The summed E-state index contributed by atoms with van der Waals surface area (Å²) in [6, 6.07) is 2.23. The highest BCUT2D eigenvalue weighted by Crippen LogP contribution is 2.29. The quantitative estimate of drug-likeness (QED) is 0.834. The van der Waals surface area contributed by atoms with E-state index < -0.39 is 0 Å². The minimum atomic E-state index is -0.110. The molecule has 1 N–H and O–H groups in total. The number of carbonyl (C=O) groups is 1. The molecule has 0 aromatic carbocycles. The van der Waals surface area contributed by atoms with Crippen molar-refractivity contribution in [3.8, 4) is 0 Å². The van der Waals surface area contributed by atoms with E-state index in [1.54, 1.807) is 6.33 Å². The first-order valence-corrected chi connectivity index (χ1v) is 7.75. The Balaban J connectivity index is 1.60. The Morgan fingerprint density at radius 1 is 1.36 bits per heavy atom. The van der Waals surface area contributed by atoms with Crippen molar-refractivity contribution in [3.05, 3.63) is 12.4 Å². The Labute approximate surface area is 130 Å². The van der Waals surface area contributed by atoms with Crippen molar-refractivity contribution in [2.24, 2.45) is 5.92 Å². The zero-order valence-corrected chi connectivity index (χ0v) is 12.8. The normalized spacial score (nSPS) is 25.0. The molecular weight excluding hydrogens is 284 g/mol. The van der Waals surface area contributed by atoms with Gasteiger partial charge >= 0.3 is 5.97 Å². The van der Waals surface area contributed by atoms with Crippen LogP contribution in [0.3, 0.4) is 0 Å². The van der Waals surface area contributed by atoms with Gasteiger partial charge in [-0.1, -0.05) is 0 Å². The van der Waals surface area contributed by atoms with E-state index in [0.717, 1.165) is 57.2 Å². The number of methoxy groups -OCH3 is 1. The predicted octanol–water partition coefficient (Wildman–Crippen LogP) is 1.07. The molecule has 7 nitrogen and oxygen atoms in total. The third-order valence-corrected chi connectivity index (χ3v) is 4.31. The number of morpholine rings is 1. The Morgan fingerprint density at radius 3 is 2.95 bits per heavy atom. The lowest BCUT2D eigenvalue weighted by atomic mass is 10.1. The molecule has 1 aromatic rings. The summed E-state index contributed by atoms with van der Waals surface area (Å²) < 4.78 is 10.2. The summed E-state index contributed by atoms with van der Waals surface area (Å²) in [7, 11) is 1.45. The third kappa shape index (κ3) is 3.47. The van der Waals surface area contributed by atoms with Crippen molar-refractivity contribution < 1.29 is 14.3 Å². The Hall–Kier alpha value is -1.89. The van der Waals surface area contributed by atoms with E-state index in [0.29, 0.717) is 0 Å². The summed E-state index contributed by atoms with van der Waals surface area (Å²) in [5.74, 6) is 1.62. The maximum Gasteiger partial charge on any atom is 0.308 e. The van der Waals surface area contributed by atoms with Gasteiger partial charge in [-0.2, -0.15) is 0 Å². The highest BCUT2D eigenvalue weighted by Gasteiger charge is 2.30. The number of hydrogen-bond donors (Lipinski definition) is 1. The van der Waals surface area contributed by atoms with Gasteiger partial charge in [0.1, 0.15) is 18.0 Å². The summed E-state index contributed by atoms with van der Waals surface area (Å²) in [6.07, 6.45) is 4.20. The molecule has 7 heteroatoms. The lowest BCUT2D eigenvalue weighted by Crippen LogP contribution is -2.36.